The van der Waals surface area contributed by atoms with Gasteiger partial charge in [0.25, 0.3) is 0 Å². The Morgan fingerprint density at radius 2 is 1.83 bits per heavy atom. The number of hydrogen-bond donors (Lipinski definition) is 2. The molecule has 1 rings (SSSR count). The van der Waals surface area contributed by atoms with Gasteiger partial charge in [-0.25, -0.2) is 4.79 Å². The summed E-state index contributed by atoms with van der Waals surface area (Å²) in [6, 6.07) is -0.336. The molecule has 0 aromatic rings. The SMILES string of the molecule is CCCOC(=O)[C@H]1CC[C@@H](C(CO)NC(=O)OC(C)(C)C)CC1. The summed E-state index contributed by atoms with van der Waals surface area (Å²) in [5.74, 6) is -0.0210. The predicted molar refractivity (Wildman–Crippen MR) is 86.9 cm³/mol. The van der Waals surface area contributed by atoms with Gasteiger partial charge in [-0.1, -0.05) is 6.92 Å². The highest BCUT2D eigenvalue weighted by Gasteiger charge is 2.32. The van der Waals surface area contributed by atoms with E-state index in [0.717, 1.165) is 32.1 Å². The maximum atomic E-state index is 11.9. The summed E-state index contributed by atoms with van der Waals surface area (Å²) in [7, 11) is 0. The van der Waals surface area contributed by atoms with E-state index in [2.05, 4.69) is 5.32 Å². The van der Waals surface area contributed by atoms with Crippen LogP contribution < -0.4 is 5.32 Å². The number of carbonyl (C=O) groups excluding carboxylic acids is 2. The highest BCUT2D eigenvalue weighted by Crippen LogP contribution is 2.31. The van der Waals surface area contributed by atoms with Crippen LogP contribution in [0.5, 0.6) is 0 Å². The fraction of sp³-hybridized carbons (Fsp3) is 0.882. The second-order valence-electron chi connectivity index (χ2n) is 7.21. The summed E-state index contributed by atoms with van der Waals surface area (Å²) in [4.78, 5) is 23.7. The molecule has 1 saturated carbocycles. The van der Waals surface area contributed by atoms with Crippen molar-refractivity contribution in [3.05, 3.63) is 0 Å². The van der Waals surface area contributed by atoms with Gasteiger partial charge in [0.1, 0.15) is 5.60 Å². The summed E-state index contributed by atoms with van der Waals surface area (Å²) < 4.78 is 10.4. The van der Waals surface area contributed by atoms with Crippen LogP contribution in [0, 0.1) is 11.8 Å². The van der Waals surface area contributed by atoms with E-state index in [1.165, 1.54) is 0 Å². The van der Waals surface area contributed by atoms with E-state index in [9.17, 15) is 14.7 Å². The zero-order valence-corrected chi connectivity index (χ0v) is 14.8. The number of aliphatic hydroxyl groups excluding tert-OH is 1. The second-order valence-corrected chi connectivity index (χ2v) is 7.21. The van der Waals surface area contributed by atoms with Gasteiger partial charge in [-0.2, -0.15) is 0 Å². The summed E-state index contributed by atoms with van der Waals surface area (Å²) in [5, 5.41) is 12.3. The lowest BCUT2D eigenvalue weighted by Crippen LogP contribution is -2.46. The second kappa shape index (κ2) is 9.11. The van der Waals surface area contributed by atoms with Gasteiger partial charge in [0.05, 0.1) is 25.2 Å². The maximum absolute atomic E-state index is 11.9. The van der Waals surface area contributed by atoms with Crippen LogP contribution in [0.15, 0.2) is 0 Å². The molecule has 0 aliphatic heterocycles. The summed E-state index contributed by atoms with van der Waals surface area (Å²) in [5.41, 5.74) is -0.565. The topological polar surface area (TPSA) is 84.9 Å². The molecule has 0 aromatic carbocycles. The molecule has 0 aromatic heterocycles. The smallest absolute Gasteiger partial charge is 0.407 e. The van der Waals surface area contributed by atoms with Gasteiger partial charge in [0.15, 0.2) is 0 Å². The molecule has 134 valence electrons. The molecule has 6 heteroatoms. The average molecular weight is 329 g/mol. The van der Waals surface area contributed by atoms with Gasteiger partial charge in [0.2, 0.25) is 0 Å². The van der Waals surface area contributed by atoms with Crippen molar-refractivity contribution in [1.82, 2.24) is 5.32 Å². The Kier molecular flexibility index (Phi) is 7.82. The Bertz CT molecular complexity index is 383. The molecule has 0 spiro atoms. The number of hydrogen-bond acceptors (Lipinski definition) is 5. The third-order valence-electron chi connectivity index (χ3n) is 4.02. The van der Waals surface area contributed by atoms with Crippen LogP contribution in [0.1, 0.15) is 59.8 Å². The van der Waals surface area contributed by atoms with Crippen molar-refractivity contribution in [2.24, 2.45) is 11.8 Å². The zero-order valence-electron chi connectivity index (χ0n) is 14.8. The predicted octanol–water partition coefficient (Wildman–Crippen LogP) is 2.63. The third kappa shape index (κ3) is 7.20. The van der Waals surface area contributed by atoms with Crippen molar-refractivity contribution < 1.29 is 24.2 Å². The Labute approximate surface area is 138 Å². The standard InChI is InChI=1S/C17H31NO5/c1-5-10-22-15(20)13-8-6-12(7-9-13)14(11-19)18-16(21)23-17(2,3)4/h12-14,19H,5-11H2,1-4H3,(H,18,21)/t12-,13+,14?. The number of esters is 1. The first-order valence-electron chi connectivity index (χ1n) is 8.53. The number of amides is 1. The fourth-order valence-corrected chi connectivity index (χ4v) is 2.85. The van der Waals surface area contributed by atoms with Crippen LogP contribution in [0.25, 0.3) is 0 Å². The van der Waals surface area contributed by atoms with Gasteiger partial charge in [-0.05, 0) is 58.8 Å². The molecule has 0 bridgehead atoms. The van der Waals surface area contributed by atoms with Gasteiger partial charge in [0, 0.05) is 0 Å². The molecule has 1 aliphatic rings. The molecule has 0 radical (unpaired) electrons. The number of alkyl carbamates (subject to hydrolysis) is 1. The lowest BCUT2D eigenvalue weighted by molar-refractivity contribution is -0.150. The molecule has 2 N–H and O–H groups in total. The summed E-state index contributed by atoms with van der Waals surface area (Å²) >= 11 is 0. The molecule has 23 heavy (non-hydrogen) atoms. The lowest BCUT2D eigenvalue weighted by Gasteiger charge is -2.33. The van der Waals surface area contributed by atoms with Crippen LogP contribution in [-0.4, -0.2) is 42.0 Å². The first-order valence-corrected chi connectivity index (χ1v) is 8.53. The molecule has 0 saturated heterocycles. The monoisotopic (exact) mass is 329 g/mol. The quantitative estimate of drug-likeness (QED) is 0.732. The molecule has 1 amide bonds. The summed E-state index contributed by atoms with van der Waals surface area (Å²) in [6.07, 6.45) is 3.35. The molecule has 6 nitrogen and oxygen atoms in total. The van der Waals surface area contributed by atoms with E-state index >= 15 is 0 Å². The fourth-order valence-electron chi connectivity index (χ4n) is 2.85. The number of nitrogens with one attached hydrogen (secondary N) is 1. The van der Waals surface area contributed by atoms with Crippen molar-refractivity contribution in [3.8, 4) is 0 Å². The normalized spacial score (nSPS) is 23.0. The average Bonchev–Trinajstić information content (AvgIpc) is 2.48. The van der Waals surface area contributed by atoms with Crippen LogP contribution in [0.2, 0.25) is 0 Å². The van der Waals surface area contributed by atoms with E-state index in [1.54, 1.807) is 20.8 Å². The highest BCUT2D eigenvalue weighted by molar-refractivity contribution is 5.72. The van der Waals surface area contributed by atoms with Crippen molar-refractivity contribution in [3.63, 3.8) is 0 Å². The Hall–Kier alpha value is -1.30. The van der Waals surface area contributed by atoms with Crippen LogP contribution in [0.4, 0.5) is 4.79 Å². The van der Waals surface area contributed by atoms with Crippen LogP contribution in [-0.2, 0) is 14.3 Å². The van der Waals surface area contributed by atoms with E-state index < -0.39 is 11.7 Å². The van der Waals surface area contributed by atoms with Crippen molar-refractivity contribution in [1.29, 1.82) is 0 Å². The Morgan fingerprint density at radius 3 is 2.30 bits per heavy atom. The molecule has 1 atom stereocenters. The number of aliphatic hydroxyl groups is 1. The highest BCUT2D eigenvalue weighted by atomic mass is 16.6. The first-order chi connectivity index (χ1) is 10.8. The first kappa shape index (κ1) is 19.7. The number of carbonyl (C=O) groups is 2. The van der Waals surface area contributed by atoms with Gasteiger partial charge in [-0.3, -0.25) is 4.79 Å². The van der Waals surface area contributed by atoms with E-state index in [1.807, 2.05) is 6.92 Å². The lowest BCUT2D eigenvalue weighted by atomic mass is 9.78. The minimum atomic E-state index is -0.565. The minimum absolute atomic E-state index is 0.0568. The largest absolute Gasteiger partial charge is 0.465 e. The zero-order chi connectivity index (χ0) is 17.5. The Balaban J connectivity index is 2.44. The minimum Gasteiger partial charge on any atom is -0.465 e. The van der Waals surface area contributed by atoms with Crippen molar-refractivity contribution in [2.45, 2.75) is 71.4 Å². The van der Waals surface area contributed by atoms with Crippen LogP contribution in [0.3, 0.4) is 0 Å². The van der Waals surface area contributed by atoms with Crippen molar-refractivity contribution in [2.75, 3.05) is 13.2 Å². The third-order valence-corrected chi connectivity index (χ3v) is 4.02. The molecular formula is C17H31NO5. The number of rotatable bonds is 6. The molecule has 1 unspecified atom stereocenters. The number of ether oxygens (including phenoxy) is 2. The maximum Gasteiger partial charge on any atom is 0.407 e. The van der Waals surface area contributed by atoms with Gasteiger partial charge in [-0.15, -0.1) is 0 Å². The van der Waals surface area contributed by atoms with E-state index in [4.69, 9.17) is 9.47 Å². The summed E-state index contributed by atoms with van der Waals surface area (Å²) in [6.45, 7) is 7.71. The Morgan fingerprint density at radius 1 is 1.22 bits per heavy atom. The van der Waals surface area contributed by atoms with Gasteiger partial charge < -0.3 is 19.9 Å². The van der Waals surface area contributed by atoms with E-state index in [0.29, 0.717) is 6.61 Å². The van der Waals surface area contributed by atoms with Crippen LogP contribution >= 0.6 is 0 Å². The van der Waals surface area contributed by atoms with Crippen molar-refractivity contribution >= 4 is 12.1 Å². The molecule has 1 fully saturated rings. The molecular weight excluding hydrogens is 298 g/mol. The van der Waals surface area contributed by atoms with Gasteiger partial charge >= 0.3 is 12.1 Å². The van der Waals surface area contributed by atoms with E-state index in [-0.39, 0.29) is 30.5 Å². The molecule has 1 aliphatic carbocycles. The molecule has 0 heterocycles.